The molecule has 16 heavy (non-hydrogen) atoms. The number of aryl methyl sites for hydroxylation is 1. The van der Waals surface area contributed by atoms with Crippen LogP contribution in [0.5, 0.6) is 0 Å². The predicted octanol–water partition coefficient (Wildman–Crippen LogP) is 1.65. The van der Waals surface area contributed by atoms with Gasteiger partial charge < -0.3 is 0 Å². The third-order valence-corrected chi connectivity index (χ3v) is 2.04. The Balaban J connectivity index is 2.17. The minimum atomic E-state index is -0.260. The molecule has 0 fully saturated rings. The Hall–Kier alpha value is -2.34. The predicted molar refractivity (Wildman–Crippen MR) is 60.9 cm³/mol. The minimum absolute atomic E-state index is 0.260. The molecule has 2 aromatic rings. The molecule has 0 atom stereocenters. The van der Waals surface area contributed by atoms with Gasteiger partial charge in [0.25, 0.3) is 5.78 Å². The Morgan fingerprint density at radius 2 is 2.00 bits per heavy atom. The van der Waals surface area contributed by atoms with Crippen LogP contribution >= 0.6 is 0 Å². The summed E-state index contributed by atoms with van der Waals surface area (Å²) in [6.07, 6.45) is 1.72. The molecule has 2 rings (SSSR count). The summed E-state index contributed by atoms with van der Waals surface area (Å²) < 4.78 is 1.58. The number of aromatic nitrogens is 2. The van der Waals surface area contributed by atoms with Gasteiger partial charge in [0.05, 0.1) is 0 Å². The van der Waals surface area contributed by atoms with E-state index in [0.717, 1.165) is 5.56 Å². The van der Waals surface area contributed by atoms with Gasteiger partial charge in [-0.2, -0.15) is 5.10 Å². The van der Waals surface area contributed by atoms with E-state index in [-0.39, 0.29) is 5.78 Å². The van der Waals surface area contributed by atoms with Crippen LogP contribution in [0.25, 0.3) is 0 Å². The van der Waals surface area contributed by atoms with Gasteiger partial charge in [-0.1, -0.05) is 24.1 Å². The smallest absolute Gasteiger partial charge is 0.256 e. The SMILES string of the molecule is Cn1ccc(C(=O)C#Cc2ccccc2)n1. The first kappa shape index (κ1) is 10.2. The quantitative estimate of drug-likeness (QED) is 0.530. The lowest BCUT2D eigenvalue weighted by Gasteiger charge is -1.87. The lowest BCUT2D eigenvalue weighted by molar-refractivity contribution is 0.105. The van der Waals surface area contributed by atoms with Crippen LogP contribution in [0.15, 0.2) is 42.6 Å². The number of Topliss-reactive ketones (excluding diaryl/α,β-unsaturated/α-hetero) is 1. The molecule has 0 N–H and O–H groups in total. The molecule has 0 amide bonds. The van der Waals surface area contributed by atoms with E-state index in [4.69, 9.17) is 0 Å². The lowest BCUT2D eigenvalue weighted by atomic mass is 10.2. The van der Waals surface area contributed by atoms with Gasteiger partial charge in [0.15, 0.2) is 0 Å². The van der Waals surface area contributed by atoms with E-state index in [1.54, 1.807) is 24.0 Å². The number of hydrogen-bond donors (Lipinski definition) is 0. The maximum Gasteiger partial charge on any atom is 0.256 e. The first-order valence-electron chi connectivity index (χ1n) is 4.87. The van der Waals surface area contributed by atoms with Crippen LogP contribution in [0, 0.1) is 11.8 Å². The second-order valence-electron chi connectivity index (χ2n) is 3.32. The third kappa shape index (κ3) is 2.37. The molecule has 0 bridgehead atoms. The van der Waals surface area contributed by atoms with Crippen molar-refractivity contribution >= 4 is 5.78 Å². The van der Waals surface area contributed by atoms with E-state index in [0.29, 0.717) is 5.69 Å². The van der Waals surface area contributed by atoms with Crippen molar-refractivity contribution in [1.29, 1.82) is 0 Å². The summed E-state index contributed by atoms with van der Waals surface area (Å²) in [5.74, 6) is 5.11. The highest BCUT2D eigenvalue weighted by molar-refractivity contribution is 6.07. The van der Waals surface area contributed by atoms with Crippen molar-refractivity contribution in [2.24, 2.45) is 7.05 Å². The molecule has 3 heteroatoms. The topological polar surface area (TPSA) is 34.9 Å². The van der Waals surface area contributed by atoms with E-state index in [2.05, 4.69) is 16.9 Å². The van der Waals surface area contributed by atoms with Crippen molar-refractivity contribution in [3.8, 4) is 11.8 Å². The highest BCUT2D eigenvalue weighted by Crippen LogP contribution is 1.97. The van der Waals surface area contributed by atoms with E-state index in [1.807, 2.05) is 30.3 Å². The molecule has 0 unspecified atom stereocenters. The Bertz CT molecular complexity index is 558. The summed E-state index contributed by atoms with van der Waals surface area (Å²) in [6, 6.07) is 11.1. The van der Waals surface area contributed by atoms with Crippen LogP contribution in [0.2, 0.25) is 0 Å². The Morgan fingerprint density at radius 3 is 2.62 bits per heavy atom. The van der Waals surface area contributed by atoms with Gasteiger partial charge in [-0.15, -0.1) is 0 Å². The Morgan fingerprint density at radius 1 is 1.25 bits per heavy atom. The number of nitrogens with zero attached hydrogens (tertiary/aromatic N) is 2. The molecule has 0 aliphatic carbocycles. The molecule has 78 valence electrons. The number of ketones is 1. The molecule has 1 heterocycles. The van der Waals surface area contributed by atoms with Crippen LogP contribution in [-0.4, -0.2) is 15.6 Å². The van der Waals surface area contributed by atoms with Gasteiger partial charge in [0.2, 0.25) is 0 Å². The fourth-order valence-electron chi connectivity index (χ4n) is 1.25. The zero-order chi connectivity index (χ0) is 11.4. The maximum atomic E-state index is 11.6. The summed E-state index contributed by atoms with van der Waals surface area (Å²) in [5, 5.41) is 3.99. The first-order valence-corrected chi connectivity index (χ1v) is 4.87. The van der Waals surface area contributed by atoms with Crippen LogP contribution in [-0.2, 0) is 7.05 Å². The molecule has 0 saturated heterocycles. The molecular formula is C13H10N2O. The number of hydrogen-bond acceptors (Lipinski definition) is 2. The van der Waals surface area contributed by atoms with Crippen molar-refractivity contribution in [3.05, 3.63) is 53.9 Å². The van der Waals surface area contributed by atoms with Gasteiger partial charge in [-0.3, -0.25) is 9.48 Å². The summed E-state index contributed by atoms with van der Waals surface area (Å²) in [7, 11) is 1.77. The zero-order valence-electron chi connectivity index (χ0n) is 8.84. The molecule has 0 aliphatic rings. The average Bonchev–Trinajstić information content (AvgIpc) is 2.74. The number of rotatable bonds is 1. The van der Waals surface area contributed by atoms with Gasteiger partial charge in [-0.25, -0.2) is 0 Å². The molecule has 0 aliphatic heterocycles. The van der Waals surface area contributed by atoms with Gasteiger partial charge >= 0.3 is 0 Å². The molecule has 1 aromatic carbocycles. The van der Waals surface area contributed by atoms with Gasteiger partial charge in [0.1, 0.15) is 5.69 Å². The normalized spacial score (nSPS) is 9.31. The zero-order valence-corrected chi connectivity index (χ0v) is 8.84. The summed E-state index contributed by atoms with van der Waals surface area (Å²) in [4.78, 5) is 11.6. The van der Waals surface area contributed by atoms with E-state index < -0.39 is 0 Å². The van der Waals surface area contributed by atoms with Crippen molar-refractivity contribution in [1.82, 2.24) is 9.78 Å². The van der Waals surface area contributed by atoms with E-state index >= 15 is 0 Å². The van der Waals surface area contributed by atoms with Gasteiger partial charge in [0, 0.05) is 18.8 Å². The number of carbonyl (C=O) groups excluding carboxylic acids is 1. The molecule has 1 aromatic heterocycles. The number of benzene rings is 1. The third-order valence-electron chi connectivity index (χ3n) is 2.04. The second-order valence-corrected chi connectivity index (χ2v) is 3.32. The second kappa shape index (κ2) is 4.45. The van der Waals surface area contributed by atoms with Crippen molar-refractivity contribution in [3.63, 3.8) is 0 Å². The lowest BCUT2D eigenvalue weighted by Crippen LogP contribution is -1.98. The van der Waals surface area contributed by atoms with E-state index in [9.17, 15) is 4.79 Å². The highest BCUT2D eigenvalue weighted by atomic mass is 16.1. The Labute approximate surface area is 93.7 Å². The fourth-order valence-corrected chi connectivity index (χ4v) is 1.25. The number of carbonyl (C=O) groups is 1. The van der Waals surface area contributed by atoms with Crippen LogP contribution in [0.1, 0.15) is 16.1 Å². The molecule has 0 radical (unpaired) electrons. The van der Waals surface area contributed by atoms with Crippen molar-refractivity contribution in [2.75, 3.05) is 0 Å². The monoisotopic (exact) mass is 210 g/mol. The maximum absolute atomic E-state index is 11.6. The highest BCUT2D eigenvalue weighted by Gasteiger charge is 2.04. The van der Waals surface area contributed by atoms with Crippen LogP contribution < -0.4 is 0 Å². The largest absolute Gasteiger partial charge is 0.277 e. The Kier molecular flexibility index (Phi) is 2.84. The van der Waals surface area contributed by atoms with Gasteiger partial charge in [-0.05, 0) is 24.1 Å². The minimum Gasteiger partial charge on any atom is -0.277 e. The summed E-state index contributed by atoms with van der Waals surface area (Å²) >= 11 is 0. The standard InChI is InChI=1S/C13H10N2O/c1-15-10-9-12(14-15)13(16)8-7-11-5-3-2-4-6-11/h2-6,9-10H,1H3. The molecule has 0 spiro atoms. The summed E-state index contributed by atoms with van der Waals surface area (Å²) in [6.45, 7) is 0. The molecule has 0 saturated carbocycles. The average molecular weight is 210 g/mol. The van der Waals surface area contributed by atoms with Crippen molar-refractivity contribution in [2.45, 2.75) is 0 Å². The molecular weight excluding hydrogens is 200 g/mol. The van der Waals surface area contributed by atoms with Crippen LogP contribution in [0.4, 0.5) is 0 Å². The first-order chi connectivity index (χ1) is 7.75. The van der Waals surface area contributed by atoms with E-state index in [1.165, 1.54) is 0 Å². The van der Waals surface area contributed by atoms with Crippen LogP contribution in [0.3, 0.4) is 0 Å². The summed E-state index contributed by atoms with van der Waals surface area (Å²) in [5.41, 5.74) is 1.21. The van der Waals surface area contributed by atoms with Crippen molar-refractivity contribution < 1.29 is 4.79 Å². The molecule has 3 nitrogen and oxygen atoms in total. The fraction of sp³-hybridized carbons (Fsp3) is 0.0769.